The summed E-state index contributed by atoms with van der Waals surface area (Å²) in [6.45, 7) is 2.29. The molecule has 2 aromatic rings. The predicted molar refractivity (Wildman–Crippen MR) is 71.9 cm³/mol. The van der Waals surface area contributed by atoms with E-state index in [1.54, 1.807) is 12.4 Å². The molecule has 19 heavy (non-hydrogen) atoms. The highest BCUT2D eigenvalue weighted by atomic mass is 16.5. The Morgan fingerprint density at radius 1 is 1.26 bits per heavy atom. The summed E-state index contributed by atoms with van der Waals surface area (Å²) in [7, 11) is 0. The zero-order valence-corrected chi connectivity index (χ0v) is 10.5. The van der Waals surface area contributed by atoms with Gasteiger partial charge < -0.3 is 15.2 Å². The van der Waals surface area contributed by atoms with Crippen LogP contribution in [0.4, 0.5) is 0 Å². The van der Waals surface area contributed by atoms with E-state index in [4.69, 9.17) is 4.74 Å². The van der Waals surface area contributed by atoms with Gasteiger partial charge in [0.2, 0.25) is 0 Å². The van der Waals surface area contributed by atoms with Crippen molar-refractivity contribution in [3.63, 3.8) is 0 Å². The SMILES string of the molecule is O[C@H](c1cccnc1)c1ccc2c(c1)CNCCO2. The third-order valence-electron chi connectivity index (χ3n) is 3.25. The van der Waals surface area contributed by atoms with E-state index < -0.39 is 6.10 Å². The lowest BCUT2D eigenvalue weighted by Gasteiger charge is -2.14. The van der Waals surface area contributed by atoms with E-state index in [0.717, 1.165) is 35.5 Å². The minimum Gasteiger partial charge on any atom is -0.492 e. The maximum Gasteiger partial charge on any atom is 0.123 e. The number of ether oxygens (including phenoxy) is 1. The lowest BCUT2D eigenvalue weighted by molar-refractivity contribution is 0.219. The minimum absolute atomic E-state index is 0.651. The van der Waals surface area contributed by atoms with Gasteiger partial charge in [-0.1, -0.05) is 12.1 Å². The molecule has 0 unspecified atom stereocenters. The highest BCUT2D eigenvalue weighted by Crippen LogP contribution is 2.27. The molecule has 1 aromatic heterocycles. The molecule has 1 aliphatic rings. The highest BCUT2D eigenvalue weighted by molar-refractivity contribution is 5.40. The van der Waals surface area contributed by atoms with Crippen LogP contribution in [0.2, 0.25) is 0 Å². The first kappa shape index (κ1) is 12.1. The van der Waals surface area contributed by atoms with Gasteiger partial charge >= 0.3 is 0 Å². The fourth-order valence-corrected chi connectivity index (χ4v) is 2.23. The molecule has 0 fully saturated rings. The average Bonchev–Trinajstić information content (AvgIpc) is 2.72. The van der Waals surface area contributed by atoms with Crippen molar-refractivity contribution < 1.29 is 9.84 Å². The van der Waals surface area contributed by atoms with E-state index in [9.17, 15) is 5.11 Å². The van der Waals surface area contributed by atoms with Crippen molar-refractivity contribution in [3.8, 4) is 5.75 Å². The summed E-state index contributed by atoms with van der Waals surface area (Å²) in [5.74, 6) is 0.895. The fourth-order valence-electron chi connectivity index (χ4n) is 2.23. The average molecular weight is 256 g/mol. The molecule has 4 nitrogen and oxygen atoms in total. The Hall–Kier alpha value is -1.91. The Balaban J connectivity index is 1.91. The van der Waals surface area contributed by atoms with Crippen LogP contribution < -0.4 is 10.1 Å². The Kier molecular flexibility index (Phi) is 3.44. The number of aromatic nitrogens is 1. The molecule has 0 spiro atoms. The van der Waals surface area contributed by atoms with E-state index in [-0.39, 0.29) is 0 Å². The van der Waals surface area contributed by atoms with E-state index in [2.05, 4.69) is 10.3 Å². The Morgan fingerprint density at radius 2 is 2.21 bits per heavy atom. The molecule has 0 radical (unpaired) electrons. The molecular weight excluding hydrogens is 240 g/mol. The molecule has 2 N–H and O–H groups in total. The lowest BCUT2D eigenvalue weighted by atomic mass is 10.0. The van der Waals surface area contributed by atoms with Gasteiger partial charge in [0.25, 0.3) is 0 Å². The Labute approximate surface area is 112 Å². The van der Waals surface area contributed by atoms with Gasteiger partial charge in [0.05, 0.1) is 0 Å². The quantitative estimate of drug-likeness (QED) is 0.857. The van der Waals surface area contributed by atoms with Crippen LogP contribution in [0.15, 0.2) is 42.7 Å². The number of hydrogen-bond donors (Lipinski definition) is 2. The second-order valence-electron chi connectivity index (χ2n) is 4.58. The molecule has 4 heteroatoms. The number of benzene rings is 1. The summed E-state index contributed by atoms with van der Waals surface area (Å²) in [4.78, 5) is 4.04. The number of fused-ring (bicyclic) bond motifs is 1. The zero-order chi connectivity index (χ0) is 13.1. The van der Waals surface area contributed by atoms with Crippen LogP contribution in [0, 0.1) is 0 Å². The van der Waals surface area contributed by atoms with Crippen molar-refractivity contribution in [1.82, 2.24) is 10.3 Å². The highest BCUT2D eigenvalue weighted by Gasteiger charge is 2.14. The molecule has 1 aliphatic heterocycles. The van der Waals surface area contributed by atoms with Gasteiger partial charge in [-0.3, -0.25) is 4.98 Å². The van der Waals surface area contributed by atoms with Crippen molar-refractivity contribution in [3.05, 3.63) is 59.4 Å². The summed E-state index contributed by atoms with van der Waals surface area (Å²) >= 11 is 0. The largest absolute Gasteiger partial charge is 0.492 e. The fraction of sp³-hybridized carbons (Fsp3) is 0.267. The molecule has 1 atom stereocenters. The second kappa shape index (κ2) is 5.38. The van der Waals surface area contributed by atoms with Gasteiger partial charge in [0.15, 0.2) is 0 Å². The van der Waals surface area contributed by atoms with Gasteiger partial charge in [-0.15, -0.1) is 0 Å². The number of aliphatic hydroxyl groups excluding tert-OH is 1. The topological polar surface area (TPSA) is 54.4 Å². The first-order chi connectivity index (χ1) is 9.34. The minimum atomic E-state index is -0.651. The second-order valence-corrected chi connectivity index (χ2v) is 4.58. The summed E-state index contributed by atoms with van der Waals surface area (Å²) in [6.07, 6.45) is 2.73. The molecule has 0 saturated heterocycles. The van der Waals surface area contributed by atoms with Crippen LogP contribution in [-0.2, 0) is 6.54 Å². The molecule has 1 aromatic carbocycles. The molecule has 0 bridgehead atoms. The maximum absolute atomic E-state index is 10.4. The standard InChI is InChI=1S/C15H16N2O2/c18-15(12-2-1-5-16-9-12)11-3-4-14-13(8-11)10-17-6-7-19-14/h1-5,8-9,15,17-18H,6-7,10H2/t15-/m0/s1. The smallest absolute Gasteiger partial charge is 0.123 e. The van der Waals surface area contributed by atoms with Crippen LogP contribution in [0.1, 0.15) is 22.8 Å². The molecule has 0 aliphatic carbocycles. The van der Waals surface area contributed by atoms with Gasteiger partial charge in [0, 0.05) is 36.6 Å². The normalized spacial score (nSPS) is 16.1. The van der Waals surface area contributed by atoms with Crippen molar-refractivity contribution >= 4 is 0 Å². The van der Waals surface area contributed by atoms with Crippen molar-refractivity contribution in [2.24, 2.45) is 0 Å². The summed E-state index contributed by atoms with van der Waals surface area (Å²) in [5.41, 5.74) is 2.74. The number of nitrogens with one attached hydrogen (secondary N) is 1. The third kappa shape index (κ3) is 2.59. The number of rotatable bonds is 2. The van der Waals surface area contributed by atoms with E-state index in [0.29, 0.717) is 6.61 Å². The Bertz CT molecular complexity index is 557. The van der Waals surface area contributed by atoms with Crippen LogP contribution in [0.5, 0.6) is 5.75 Å². The van der Waals surface area contributed by atoms with Gasteiger partial charge in [0.1, 0.15) is 18.5 Å². The van der Waals surface area contributed by atoms with E-state index in [1.165, 1.54) is 0 Å². The van der Waals surface area contributed by atoms with E-state index >= 15 is 0 Å². The lowest BCUT2D eigenvalue weighted by Crippen LogP contribution is -2.16. The van der Waals surface area contributed by atoms with Crippen molar-refractivity contribution in [2.75, 3.05) is 13.2 Å². The van der Waals surface area contributed by atoms with Gasteiger partial charge in [-0.25, -0.2) is 0 Å². The molecule has 0 saturated carbocycles. The number of pyridine rings is 1. The summed E-state index contributed by atoms with van der Waals surface area (Å²) in [5, 5.41) is 13.7. The Morgan fingerprint density at radius 3 is 3.05 bits per heavy atom. The number of aliphatic hydroxyl groups is 1. The molecule has 2 heterocycles. The molecule has 0 amide bonds. The monoisotopic (exact) mass is 256 g/mol. The van der Waals surface area contributed by atoms with Gasteiger partial charge in [-0.05, 0) is 23.8 Å². The number of nitrogens with zero attached hydrogens (tertiary/aromatic N) is 1. The maximum atomic E-state index is 10.4. The van der Waals surface area contributed by atoms with Crippen LogP contribution in [0.3, 0.4) is 0 Å². The van der Waals surface area contributed by atoms with E-state index in [1.807, 2.05) is 30.3 Å². The molecule has 98 valence electrons. The van der Waals surface area contributed by atoms with Crippen molar-refractivity contribution in [1.29, 1.82) is 0 Å². The first-order valence-corrected chi connectivity index (χ1v) is 6.39. The third-order valence-corrected chi connectivity index (χ3v) is 3.25. The van der Waals surface area contributed by atoms with Crippen molar-refractivity contribution in [2.45, 2.75) is 12.6 Å². The summed E-state index contributed by atoms with van der Waals surface area (Å²) in [6, 6.07) is 9.52. The van der Waals surface area contributed by atoms with Crippen LogP contribution in [0.25, 0.3) is 0 Å². The summed E-state index contributed by atoms with van der Waals surface area (Å²) < 4.78 is 5.63. The molecular formula is C15H16N2O2. The van der Waals surface area contributed by atoms with Crippen LogP contribution >= 0.6 is 0 Å². The van der Waals surface area contributed by atoms with Crippen LogP contribution in [-0.4, -0.2) is 23.2 Å². The predicted octanol–water partition coefficient (Wildman–Crippen LogP) is 1.65. The number of hydrogen-bond acceptors (Lipinski definition) is 4. The van der Waals surface area contributed by atoms with Gasteiger partial charge in [-0.2, -0.15) is 0 Å². The first-order valence-electron chi connectivity index (χ1n) is 6.39. The zero-order valence-electron chi connectivity index (χ0n) is 10.5. The molecule has 3 rings (SSSR count).